The van der Waals surface area contributed by atoms with Gasteiger partial charge in [0.25, 0.3) is 0 Å². The number of hydrogen-bond donors (Lipinski definition) is 1. The molecule has 1 N–H and O–H groups in total. The van der Waals surface area contributed by atoms with Gasteiger partial charge in [-0.25, -0.2) is 0 Å². The van der Waals surface area contributed by atoms with E-state index in [0.29, 0.717) is 11.3 Å². The van der Waals surface area contributed by atoms with Gasteiger partial charge >= 0.3 is 0 Å². The minimum absolute atomic E-state index is 0.510. The molecule has 1 aromatic rings. The molecule has 0 saturated heterocycles. The third kappa shape index (κ3) is 1.81. The molecule has 0 spiro atoms. The Morgan fingerprint density at radius 2 is 2.06 bits per heavy atom. The summed E-state index contributed by atoms with van der Waals surface area (Å²) < 4.78 is 0. The molecule has 16 heavy (non-hydrogen) atoms. The lowest BCUT2D eigenvalue weighted by Gasteiger charge is -2.23. The van der Waals surface area contributed by atoms with Crippen LogP contribution in [-0.4, -0.2) is 10.1 Å². The van der Waals surface area contributed by atoms with Crippen LogP contribution in [0, 0.1) is 11.3 Å². The first kappa shape index (κ1) is 11.1. The molecule has 0 bridgehead atoms. The minimum atomic E-state index is -1.04. The average molecular weight is 216 g/mol. The van der Waals surface area contributed by atoms with Gasteiger partial charge in [-0.15, -0.1) is 0 Å². The maximum absolute atomic E-state index is 9.99. The lowest BCUT2D eigenvalue weighted by molar-refractivity contribution is 0.0733. The summed E-state index contributed by atoms with van der Waals surface area (Å²) in [4.78, 5) is 4.26. The molecule has 84 valence electrons. The van der Waals surface area contributed by atoms with Crippen molar-refractivity contribution in [1.82, 2.24) is 4.98 Å². The first-order valence-corrected chi connectivity index (χ1v) is 5.67. The van der Waals surface area contributed by atoms with Crippen LogP contribution in [0.3, 0.4) is 0 Å². The monoisotopic (exact) mass is 216 g/mol. The molecule has 0 aromatic carbocycles. The van der Waals surface area contributed by atoms with E-state index in [2.05, 4.69) is 11.1 Å². The highest BCUT2D eigenvalue weighted by Gasteiger charge is 2.26. The highest BCUT2D eigenvalue weighted by Crippen LogP contribution is 2.29. The van der Waals surface area contributed by atoms with Crippen LogP contribution in [0.4, 0.5) is 0 Å². The largest absolute Gasteiger partial charge is 0.384 e. The highest BCUT2D eigenvalue weighted by atomic mass is 16.3. The second-order valence-corrected chi connectivity index (χ2v) is 4.86. The van der Waals surface area contributed by atoms with Gasteiger partial charge in [-0.1, -0.05) is 0 Å². The van der Waals surface area contributed by atoms with E-state index in [1.54, 1.807) is 13.8 Å². The molecular weight excluding hydrogens is 200 g/mol. The molecule has 0 unspecified atom stereocenters. The lowest BCUT2D eigenvalue weighted by atomic mass is 9.86. The van der Waals surface area contributed by atoms with Gasteiger partial charge in [-0.3, -0.25) is 4.98 Å². The SMILES string of the molecule is CC(C)(O)c1ncc2c(c1C#N)CCCC2. The summed E-state index contributed by atoms with van der Waals surface area (Å²) in [6, 6.07) is 2.21. The van der Waals surface area contributed by atoms with Gasteiger partial charge in [0.15, 0.2) is 0 Å². The molecular formula is C13H16N2O. The number of fused-ring (bicyclic) bond motifs is 1. The van der Waals surface area contributed by atoms with Crippen molar-refractivity contribution in [3.05, 3.63) is 28.6 Å². The predicted octanol–water partition coefficient (Wildman–Crippen LogP) is 2.06. The maximum atomic E-state index is 9.99. The van der Waals surface area contributed by atoms with E-state index in [1.165, 1.54) is 12.0 Å². The number of hydrogen-bond acceptors (Lipinski definition) is 3. The Bertz CT molecular complexity index is 452. The lowest BCUT2D eigenvalue weighted by Crippen LogP contribution is -2.22. The van der Waals surface area contributed by atoms with Crippen LogP contribution in [0.1, 0.15) is 49.1 Å². The van der Waals surface area contributed by atoms with Crippen LogP contribution in [-0.2, 0) is 18.4 Å². The zero-order valence-electron chi connectivity index (χ0n) is 9.75. The number of rotatable bonds is 1. The predicted molar refractivity (Wildman–Crippen MR) is 60.8 cm³/mol. The number of nitriles is 1. The van der Waals surface area contributed by atoms with Crippen molar-refractivity contribution in [3.8, 4) is 6.07 Å². The third-order valence-electron chi connectivity index (χ3n) is 3.09. The van der Waals surface area contributed by atoms with Crippen LogP contribution in [0.2, 0.25) is 0 Å². The van der Waals surface area contributed by atoms with Crippen molar-refractivity contribution in [1.29, 1.82) is 5.26 Å². The van der Waals surface area contributed by atoms with Gasteiger partial charge in [0.2, 0.25) is 0 Å². The molecule has 0 aliphatic heterocycles. The number of aliphatic hydroxyl groups is 1. The summed E-state index contributed by atoms with van der Waals surface area (Å²) in [5.41, 5.74) is 2.33. The maximum Gasteiger partial charge on any atom is 0.102 e. The summed E-state index contributed by atoms with van der Waals surface area (Å²) in [5, 5.41) is 19.2. The Hall–Kier alpha value is -1.40. The zero-order chi connectivity index (χ0) is 11.8. The smallest absolute Gasteiger partial charge is 0.102 e. The summed E-state index contributed by atoms with van der Waals surface area (Å²) >= 11 is 0. The third-order valence-corrected chi connectivity index (χ3v) is 3.09. The Balaban J connectivity index is 2.62. The molecule has 0 atom stereocenters. The second-order valence-electron chi connectivity index (χ2n) is 4.86. The van der Waals surface area contributed by atoms with Crippen LogP contribution >= 0.6 is 0 Å². The summed E-state index contributed by atoms with van der Waals surface area (Å²) in [6.45, 7) is 3.34. The fourth-order valence-electron chi connectivity index (χ4n) is 2.29. The van der Waals surface area contributed by atoms with Crippen LogP contribution in [0.15, 0.2) is 6.20 Å². The van der Waals surface area contributed by atoms with Crippen molar-refractivity contribution in [3.63, 3.8) is 0 Å². The van der Waals surface area contributed by atoms with Gasteiger partial charge < -0.3 is 5.11 Å². The van der Waals surface area contributed by atoms with Crippen molar-refractivity contribution < 1.29 is 5.11 Å². The highest BCUT2D eigenvalue weighted by molar-refractivity contribution is 5.47. The van der Waals surface area contributed by atoms with Gasteiger partial charge in [-0.2, -0.15) is 5.26 Å². The van der Waals surface area contributed by atoms with Crippen molar-refractivity contribution in [2.45, 2.75) is 45.1 Å². The molecule has 1 aliphatic rings. The van der Waals surface area contributed by atoms with E-state index in [9.17, 15) is 10.4 Å². The molecule has 2 rings (SSSR count). The molecule has 0 saturated carbocycles. The molecule has 0 fully saturated rings. The fourth-order valence-corrected chi connectivity index (χ4v) is 2.29. The number of pyridine rings is 1. The van der Waals surface area contributed by atoms with Gasteiger partial charge in [-0.05, 0) is 50.7 Å². The van der Waals surface area contributed by atoms with Crippen LogP contribution < -0.4 is 0 Å². The summed E-state index contributed by atoms with van der Waals surface area (Å²) in [6.07, 6.45) is 6.05. The van der Waals surface area contributed by atoms with Crippen molar-refractivity contribution in [2.75, 3.05) is 0 Å². The van der Waals surface area contributed by atoms with E-state index in [-0.39, 0.29) is 0 Å². The van der Waals surface area contributed by atoms with Crippen LogP contribution in [0.5, 0.6) is 0 Å². The van der Waals surface area contributed by atoms with E-state index < -0.39 is 5.60 Å². The normalized spacial score (nSPS) is 15.4. The molecule has 1 aromatic heterocycles. The molecule has 0 radical (unpaired) electrons. The average Bonchev–Trinajstić information content (AvgIpc) is 2.26. The fraction of sp³-hybridized carbons (Fsp3) is 0.538. The quantitative estimate of drug-likeness (QED) is 0.781. The second kappa shape index (κ2) is 3.88. The van der Waals surface area contributed by atoms with E-state index in [4.69, 9.17) is 0 Å². The number of nitrogens with zero attached hydrogens (tertiary/aromatic N) is 2. The first-order chi connectivity index (χ1) is 7.54. The Morgan fingerprint density at radius 1 is 1.38 bits per heavy atom. The van der Waals surface area contributed by atoms with Crippen molar-refractivity contribution >= 4 is 0 Å². The number of aryl methyl sites for hydroxylation is 1. The Morgan fingerprint density at radius 3 is 2.69 bits per heavy atom. The van der Waals surface area contributed by atoms with Crippen LogP contribution in [0.25, 0.3) is 0 Å². The van der Waals surface area contributed by atoms with Gasteiger partial charge in [0.1, 0.15) is 11.7 Å². The molecule has 1 heterocycles. The van der Waals surface area contributed by atoms with Gasteiger partial charge in [0.05, 0.1) is 11.3 Å². The molecule has 3 heteroatoms. The summed E-state index contributed by atoms with van der Waals surface area (Å²) in [5.74, 6) is 0. The topological polar surface area (TPSA) is 56.9 Å². The summed E-state index contributed by atoms with van der Waals surface area (Å²) in [7, 11) is 0. The standard InChI is InChI=1S/C13H16N2O/c1-13(2,16)12-11(7-14)10-6-4-3-5-9(10)8-15-12/h8,16H,3-6H2,1-2H3. The molecule has 0 amide bonds. The molecule has 1 aliphatic carbocycles. The van der Waals surface area contributed by atoms with Crippen molar-refractivity contribution in [2.24, 2.45) is 0 Å². The minimum Gasteiger partial charge on any atom is -0.384 e. The van der Waals surface area contributed by atoms with E-state index >= 15 is 0 Å². The van der Waals surface area contributed by atoms with Gasteiger partial charge in [0, 0.05) is 6.20 Å². The Labute approximate surface area is 95.8 Å². The number of aromatic nitrogens is 1. The van der Waals surface area contributed by atoms with E-state index in [0.717, 1.165) is 24.8 Å². The first-order valence-electron chi connectivity index (χ1n) is 5.67. The molecule has 3 nitrogen and oxygen atoms in total. The Kier molecular flexibility index (Phi) is 2.69. The zero-order valence-corrected chi connectivity index (χ0v) is 9.75. The van der Waals surface area contributed by atoms with E-state index in [1.807, 2.05) is 6.20 Å².